The predicted octanol–water partition coefficient (Wildman–Crippen LogP) is 3.12. The second-order valence-electron chi connectivity index (χ2n) is 4.67. The van der Waals surface area contributed by atoms with Crippen molar-refractivity contribution in [1.29, 1.82) is 0 Å². The van der Waals surface area contributed by atoms with Gasteiger partial charge in [-0.25, -0.2) is 4.39 Å². The number of nitrogens with zero attached hydrogens (tertiary/aromatic N) is 2. The van der Waals surface area contributed by atoms with Crippen LogP contribution in [0.2, 0.25) is 0 Å². The van der Waals surface area contributed by atoms with Crippen molar-refractivity contribution in [3.63, 3.8) is 0 Å². The average Bonchev–Trinajstić information content (AvgIpc) is 2.99. The zero-order valence-electron chi connectivity index (χ0n) is 9.90. The number of benzene rings is 1. The van der Waals surface area contributed by atoms with Gasteiger partial charge in [0.05, 0.1) is 5.56 Å². The summed E-state index contributed by atoms with van der Waals surface area (Å²) in [5, 5.41) is 7.95. The maximum atomic E-state index is 13.7. The molecule has 0 radical (unpaired) electrons. The molecule has 1 aromatic heterocycles. The predicted molar refractivity (Wildman–Crippen MR) is 65.3 cm³/mol. The molecule has 0 amide bonds. The van der Waals surface area contributed by atoms with Crippen LogP contribution in [0.25, 0.3) is 11.5 Å². The van der Waals surface area contributed by atoms with Gasteiger partial charge in [0.2, 0.25) is 5.89 Å². The normalized spacial score (nSPS) is 16.3. The van der Waals surface area contributed by atoms with Gasteiger partial charge < -0.3 is 10.2 Å². The Labute approximate surface area is 104 Å². The number of aromatic nitrogens is 2. The Morgan fingerprint density at radius 1 is 1.22 bits per heavy atom. The topological polar surface area (TPSA) is 64.9 Å². The van der Waals surface area contributed by atoms with E-state index in [1.165, 1.54) is 18.9 Å². The molecule has 0 bridgehead atoms. The van der Waals surface area contributed by atoms with Gasteiger partial charge in [-0.2, -0.15) is 0 Å². The number of anilines is 1. The number of halogens is 1. The summed E-state index contributed by atoms with van der Waals surface area (Å²) in [4.78, 5) is 0. The number of rotatable bonds is 2. The first-order valence-electron chi connectivity index (χ1n) is 6.13. The van der Waals surface area contributed by atoms with Gasteiger partial charge in [0.15, 0.2) is 0 Å². The molecule has 2 aromatic rings. The van der Waals surface area contributed by atoms with Crippen molar-refractivity contribution < 1.29 is 8.81 Å². The molecule has 2 N–H and O–H groups in total. The Kier molecular flexibility index (Phi) is 2.74. The first-order valence-corrected chi connectivity index (χ1v) is 6.13. The molecule has 4 nitrogen and oxygen atoms in total. The third-order valence-corrected chi connectivity index (χ3v) is 3.37. The fourth-order valence-electron chi connectivity index (χ4n) is 2.39. The molecular formula is C13H14FN3O. The largest absolute Gasteiger partial charge is 0.420 e. The Bertz CT molecular complexity index is 561. The molecular weight excluding hydrogens is 233 g/mol. The van der Waals surface area contributed by atoms with Gasteiger partial charge in [0, 0.05) is 11.6 Å². The Balaban J connectivity index is 1.92. The Morgan fingerprint density at radius 2 is 2.00 bits per heavy atom. The highest BCUT2D eigenvalue weighted by molar-refractivity contribution is 5.58. The summed E-state index contributed by atoms with van der Waals surface area (Å²) in [6.07, 6.45) is 4.54. The van der Waals surface area contributed by atoms with Crippen molar-refractivity contribution in [2.75, 3.05) is 5.73 Å². The zero-order chi connectivity index (χ0) is 12.5. The van der Waals surface area contributed by atoms with E-state index in [1.807, 2.05) is 0 Å². The van der Waals surface area contributed by atoms with Gasteiger partial charge in [-0.15, -0.1) is 10.2 Å². The van der Waals surface area contributed by atoms with Crippen molar-refractivity contribution in [2.24, 2.45) is 0 Å². The van der Waals surface area contributed by atoms with Gasteiger partial charge in [0.1, 0.15) is 5.82 Å². The lowest BCUT2D eigenvalue weighted by Gasteiger charge is -2.01. The van der Waals surface area contributed by atoms with Crippen molar-refractivity contribution in [2.45, 2.75) is 31.6 Å². The van der Waals surface area contributed by atoms with Crippen molar-refractivity contribution in [1.82, 2.24) is 10.2 Å². The average molecular weight is 247 g/mol. The van der Waals surface area contributed by atoms with E-state index in [0.717, 1.165) is 12.8 Å². The lowest BCUT2D eigenvalue weighted by molar-refractivity contribution is 0.455. The quantitative estimate of drug-likeness (QED) is 0.828. The lowest BCUT2D eigenvalue weighted by Crippen LogP contribution is -1.91. The standard InChI is InChI=1S/C13H14FN3O/c14-11-7-9(15)5-6-10(11)13-17-16-12(18-13)8-3-1-2-4-8/h5-8H,1-4,15H2. The number of nitrogen functional groups attached to an aromatic ring is 1. The summed E-state index contributed by atoms with van der Waals surface area (Å²) in [6, 6.07) is 4.45. The van der Waals surface area contributed by atoms with E-state index in [9.17, 15) is 4.39 Å². The zero-order valence-corrected chi connectivity index (χ0v) is 9.90. The van der Waals surface area contributed by atoms with Crippen LogP contribution in [0.15, 0.2) is 22.6 Å². The van der Waals surface area contributed by atoms with Crippen LogP contribution in [0.4, 0.5) is 10.1 Å². The molecule has 5 heteroatoms. The summed E-state index contributed by atoms with van der Waals surface area (Å²) >= 11 is 0. The SMILES string of the molecule is Nc1ccc(-c2nnc(C3CCCC3)o2)c(F)c1. The van der Waals surface area contributed by atoms with Crippen LogP contribution in [-0.2, 0) is 0 Å². The van der Waals surface area contributed by atoms with Gasteiger partial charge in [-0.05, 0) is 31.0 Å². The molecule has 0 unspecified atom stereocenters. The fraction of sp³-hybridized carbons (Fsp3) is 0.385. The van der Waals surface area contributed by atoms with Crippen molar-refractivity contribution in [3.8, 4) is 11.5 Å². The maximum absolute atomic E-state index is 13.7. The van der Waals surface area contributed by atoms with Gasteiger partial charge in [0.25, 0.3) is 5.89 Å². The Morgan fingerprint density at radius 3 is 2.72 bits per heavy atom. The second kappa shape index (κ2) is 4.40. The van der Waals surface area contributed by atoms with Crippen molar-refractivity contribution >= 4 is 5.69 Å². The van der Waals surface area contributed by atoms with E-state index >= 15 is 0 Å². The van der Waals surface area contributed by atoms with E-state index in [4.69, 9.17) is 10.2 Å². The molecule has 18 heavy (non-hydrogen) atoms. The number of nitrogens with two attached hydrogens (primary N) is 1. The van der Waals surface area contributed by atoms with Crippen LogP contribution < -0.4 is 5.73 Å². The first-order chi connectivity index (χ1) is 8.74. The molecule has 1 aliphatic carbocycles. The second-order valence-corrected chi connectivity index (χ2v) is 4.67. The molecule has 1 heterocycles. The smallest absolute Gasteiger partial charge is 0.250 e. The minimum atomic E-state index is -0.434. The minimum Gasteiger partial charge on any atom is -0.420 e. The highest BCUT2D eigenvalue weighted by Gasteiger charge is 2.23. The highest BCUT2D eigenvalue weighted by atomic mass is 19.1. The molecule has 1 aliphatic rings. The Hall–Kier alpha value is -1.91. The summed E-state index contributed by atoms with van der Waals surface area (Å²) < 4.78 is 19.3. The molecule has 0 aliphatic heterocycles. The molecule has 94 valence electrons. The summed E-state index contributed by atoms with van der Waals surface area (Å²) in [5.41, 5.74) is 6.19. The van der Waals surface area contributed by atoms with Crippen LogP contribution >= 0.6 is 0 Å². The fourth-order valence-corrected chi connectivity index (χ4v) is 2.39. The maximum Gasteiger partial charge on any atom is 0.250 e. The van der Waals surface area contributed by atoms with Gasteiger partial charge >= 0.3 is 0 Å². The van der Waals surface area contributed by atoms with E-state index in [-0.39, 0.29) is 5.89 Å². The van der Waals surface area contributed by atoms with Gasteiger partial charge in [-0.1, -0.05) is 12.8 Å². The van der Waals surface area contributed by atoms with Crippen LogP contribution in [0.1, 0.15) is 37.5 Å². The van der Waals surface area contributed by atoms with E-state index in [1.54, 1.807) is 12.1 Å². The summed E-state index contributed by atoms with van der Waals surface area (Å²) in [7, 11) is 0. The van der Waals surface area contributed by atoms with E-state index in [0.29, 0.717) is 23.1 Å². The monoisotopic (exact) mass is 247 g/mol. The summed E-state index contributed by atoms with van der Waals surface area (Å²) in [6.45, 7) is 0. The van der Waals surface area contributed by atoms with Crippen LogP contribution in [0, 0.1) is 5.82 Å². The third kappa shape index (κ3) is 1.96. The van der Waals surface area contributed by atoms with Gasteiger partial charge in [-0.3, -0.25) is 0 Å². The van der Waals surface area contributed by atoms with Crippen LogP contribution in [-0.4, -0.2) is 10.2 Å². The summed E-state index contributed by atoms with van der Waals surface area (Å²) in [5.74, 6) is 0.757. The lowest BCUT2D eigenvalue weighted by atomic mass is 10.1. The molecule has 1 aromatic carbocycles. The molecule has 0 saturated heterocycles. The number of hydrogen-bond donors (Lipinski definition) is 1. The minimum absolute atomic E-state index is 0.231. The number of hydrogen-bond acceptors (Lipinski definition) is 4. The molecule has 3 rings (SSSR count). The van der Waals surface area contributed by atoms with Crippen LogP contribution in [0.3, 0.4) is 0 Å². The van der Waals surface area contributed by atoms with E-state index < -0.39 is 5.82 Å². The molecule has 1 saturated carbocycles. The van der Waals surface area contributed by atoms with E-state index in [2.05, 4.69) is 10.2 Å². The molecule has 1 fully saturated rings. The first kappa shape index (κ1) is 11.2. The third-order valence-electron chi connectivity index (χ3n) is 3.37. The molecule has 0 atom stereocenters. The van der Waals surface area contributed by atoms with Crippen molar-refractivity contribution in [3.05, 3.63) is 29.9 Å². The molecule has 0 spiro atoms. The highest BCUT2D eigenvalue weighted by Crippen LogP contribution is 2.34. The van der Waals surface area contributed by atoms with Crippen LogP contribution in [0.5, 0.6) is 0 Å².